The van der Waals surface area contributed by atoms with Crippen molar-refractivity contribution < 1.29 is 19.1 Å². The van der Waals surface area contributed by atoms with Crippen LogP contribution in [0.25, 0.3) is 6.08 Å². The standard InChI is InChI=1S/C17H15NO4/c1-12(19)22-16-10-14(18-11-17(16)21-2)8-9-15(20)13-6-4-3-5-7-13/h3-11H,1-2H3. The monoisotopic (exact) mass is 297 g/mol. The van der Waals surface area contributed by atoms with Crippen LogP contribution >= 0.6 is 0 Å². The van der Waals surface area contributed by atoms with E-state index in [4.69, 9.17) is 9.47 Å². The second-order valence-corrected chi connectivity index (χ2v) is 4.42. The van der Waals surface area contributed by atoms with Gasteiger partial charge in [-0.25, -0.2) is 0 Å². The van der Waals surface area contributed by atoms with Crippen LogP contribution in [0, 0.1) is 0 Å². The van der Waals surface area contributed by atoms with Gasteiger partial charge in [0, 0.05) is 18.6 Å². The van der Waals surface area contributed by atoms with Crippen molar-refractivity contribution >= 4 is 17.8 Å². The highest BCUT2D eigenvalue weighted by atomic mass is 16.6. The first-order valence-corrected chi connectivity index (χ1v) is 6.60. The van der Waals surface area contributed by atoms with Crippen LogP contribution in [0.3, 0.4) is 0 Å². The minimum atomic E-state index is -0.459. The van der Waals surface area contributed by atoms with E-state index in [9.17, 15) is 9.59 Å². The lowest BCUT2D eigenvalue weighted by molar-refractivity contribution is -0.132. The third kappa shape index (κ3) is 4.02. The number of rotatable bonds is 5. The number of hydrogen-bond donors (Lipinski definition) is 0. The molecule has 1 aromatic heterocycles. The Morgan fingerprint density at radius 1 is 1.14 bits per heavy atom. The smallest absolute Gasteiger partial charge is 0.308 e. The van der Waals surface area contributed by atoms with E-state index in [0.29, 0.717) is 17.0 Å². The van der Waals surface area contributed by atoms with Crippen LogP contribution in [0.2, 0.25) is 0 Å². The summed E-state index contributed by atoms with van der Waals surface area (Å²) in [5.74, 6) is 0.0191. The molecular formula is C17H15NO4. The van der Waals surface area contributed by atoms with Gasteiger partial charge in [0.2, 0.25) is 0 Å². The number of nitrogens with zero attached hydrogens (tertiary/aromatic N) is 1. The van der Waals surface area contributed by atoms with Crippen LogP contribution < -0.4 is 9.47 Å². The fourth-order valence-electron chi connectivity index (χ4n) is 1.78. The zero-order valence-electron chi connectivity index (χ0n) is 12.3. The van der Waals surface area contributed by atoms with Crippen molar-refractivity contribution in [1.29, 1.82) is 0 Å². The van der Waals surface area contributed by atoms with Gasteiger partial charge in [-0.05, 0) is 12.2 Å². The van der Waals surface area contributed by atoms with Crippen LogP contribution in [0.5, 0.6) is 11.5 Å². The van der Waals surface area contributed by atoms with Gasteiger partial charge in [-0.15, -0.1) is 0 Å². The van der Waals surface area contributed by atoms with E-state index in [2.05, 4.69) is 4.98 Å². The topological polar surface area (TPSA) is 65.5 Å². The number of ketones is 1. The fourth-order valence-corrected chi connectivity index (χ4v) is 1.78. The highest BCUT2D eigenvalue weighted by molar-refractivity contribution is 6.06. The molecule has 5 heteroatoms. The van der Waals surface area contributed by atoms with E-state index in [0.717, 1.165) is 0 Å². The number of hydrogen-bond acceptors (Lipinski definition) is 5. The van der Waals surface area contributed by atoms with Crippen molar-refractivity contribution in [2.24, 2.45) is 0 Å². The van der Waals surface area contributed by atoms with Gasteiger partial charge in [0.1, 0.15) is 0 Å². The first-order chi connectivity index (χ1) is 10.6. The van der Waals surface area contributed by atoms with Crippen LogP contribution in [0.4, 0.5) is 0 Å². The summed E-state index contributed by atoms with van der Waals surface area (Å²) < 4.78 is 10.1. The third-order valence-corrected chi connectivity index (χ3v) is 2.79. The number of esters is 1. The molecule has 0 radical (unpaired) electrons. The molecule has 0 saturated carbocycles. The van der Waals surface area contributed by atoms with Gasteiger partial charge in [-0.3, -0.25) is 14.6 Å². The third-order valence-electron chi connectivity index (χ3n) is 2.79. The van der Waals surface area contributed by atoms with Crippen molar-refractivity contribution in [2.45, 2.75) is 6.92 Å². The molecule has 0 aliphatic carbocycles. The summed E-state index contributed by atoms with van der Waals surface area (Å²) in [6, 6.07) is 10.4. The van der Waals surface area contributed by atoms with Crippen molar-refractivity contribution in [3.05, 3.63) is 59.9 Å². The molecular weight excluding hydrogens is 282 g/mol. The molecule has 0 fully saturated rings. The Bertz CT molecular complexity index is 708. The average Bonchev–Trinajstić information content (AvgIpc) is 2.53. The maximum Gasteiger partial charge on any atom is 0.308 e. The zero-order chi connectivity index (χ0) is 15.9. The Kier molecular flexibility index (Phi) is 5.03. The molecule has 0 saturated heterocycles. The second-order valence-electron chi connectivity index (χ2n) is 4.42. The summed E-state index contributed by atoms with van der Waals surface area (Å²) >= 11 is 0. The number of methoxy groups -OCH3 is 1. The predicted molar refractivity (Wildman–Crippen MR) is 81.9 cm³/mol. The Labute approximate surface area is 128 Å². The van der Waals surface area contributed by atoms with Crippen LogP contribution in [-0.2, 0) is 4.79 Å². The first kappa shape index (κ1) is 15.4. The van der Waals surface area contributed by atoms with E-state index in [1.165, 1.54) is 32.4 Å². The summed E-state index contributed by atoms with van der Waals surface area (Å²) in [5, 5.41) is 0. The van der Waals surface area contributed by atoms with Crippen molar-refractivity contribution in [3.63, 3.8) is 0 Å². The Morgan fingerprint density at radius 2 is 1.86 bits per heavy atom. The number of allylic oxidation sites excluding steroid dienone is 1. The van der Waals surface area contributed by atoms with E-state index < -0.39 is 5.97 Å². The Morgan fingerprint density at radius 3 is 2.50 bits per heavy atom. The minimum absolute atomic E-state index is 0.132. The maximum atomic E-state index is 12.0. The Hall–Kier alpha value is -2.95. The van der Waals surface area contributed by atoms with Crippen LogP contribution in [0.15, 0.2) is 48.7 Å². The Balaban J connectivity index is 2.20. The van der Waals surface area contributed by atoms with Gasteiger partial charge in [0.05, 0.1) is 19.0 Å². The lowest BCUT2D eigenvalue weighted by Crippen LogP contribution is -2.03. The summed E-state index contributed by atoms with van der Waals surface area (Å²) in [6.45, 7) is 1.30. The molecule has 0 unspecified atom stereocenters. The second kappa shape index (κ2) is 7.17. The van der Waals surface area contributed by atoms with Crippen LogP contribution in [0.1, 0.15) is 23.0 Å². The molecule has 0 aliphatic heterocycles. The molecule has 2 aromatic rings. The molecule has 2 rings (SSSR count). The lowest BCUT2D eigenvalue weighted by atomic mass is 10.1. The van der Waals surface area contributed by atoms with Crippen molar-refractivity contribution in [2.75, 3.05) is 7.11 Å². The SMILES string of the molecule is COc1cnc(C=CC(=O)c2ccccc2)cc1OC(C)=O. The number of carbonyl (C=O) groups excluding carboxylic acids is 2. The maximum absolute atomic E-state index is 12.0. The lowest BCUT2D eigenvalue weighted by Gasteiger charge is -2.07. The summed E-state index contributed by atoms with van der Waals surface area (Å²) in [4.78, 5) is 27.2. The first-order valence-electron chi connectivity index (χ1n) is 6.60. The quantitative estimate of drug-likeness (QED) is 0.482. The molecule has 1 aromatic carbocycles. The number of pyridine rings is 1. The van der Waals surface area contributed by atoms with Crippen molar-refractivity contribution in [3.8, 4) is 11.5 Å². The van der Waals surface area contributed by atoms with E-state index in [-0.39, 0.29) is 11.5 Å². The van der Waals surface area contributed by atoms with Gasteiger partial charge < -0.3 is 9.47 Å². The molecule has 0 bridgehead atoms. The normalized spacial score (nSPS) is 10.5. The highest BCUT2D eigenvalue weighted by Crippen LogP contribution is 2.27. The molecule has 0 spiro atoms. The average molecular weight is 297 g/mol. The van der Waals surface area contributed by atoms with Gasteiger partial charge in [-0.1, -0.05) is 30.3 Å². The highest BCUT2D eigenvalue weighted by Gasteiger charge is 2.08. The van der Waals surface area contributed by atoms with E-state index >= 15 is 0 Å². The molecule has 112 valence electrons. The van der Waals surface area contributed by atoms with Gasteiger partial charge in [0.15, 0.2) is 17.3 Å². The van der Waals surface area contributed by atoms with Crippen LogP contribution in [-0.4, -0.2) is 23.8 Å². The van der Waals surface area contributed by atoms with E-state index in [1.54, 1.807) is 30.3 Å². The summed E-state index contributed by atoms with van der Waals surface area (Å²) in [7, 11) is 1.46. The molecule has 5 nitrogen and oxygen atoms in total. The number of carbonyl (C=O) groups is 2. The van der Waals surface area contributed by atoms with Gasteiger partial charge in [-0.2, -0.15) is 0 Å². The zero-order valence-corrected chi connectivity index (χ0v) is 12.3. The largest absolute Gasteiger partial charge is 0.491 e. The molecule has 0 N–H and O–H groups in total. The number of benzene rings is 1. The minimum Gasteiger partial charge on any atom is -0.491 e. The predicted octanol–water partition coefficient (Wildman–Crippen LogP) is 2.91. The molecule has 0 amide bonds. The van der Waals surface area contributed by atoms with Gasteiger partial charge in [0.25, 0.3) is 0 Å². The summed E-state index contributed by atoms with van der Waals surface area (Å²) in [5.41, 5.74) is 1.08. The van der Waals surface area contributed by atoms with Crippen molar-refractivity contribution in [1.82, 2.24) is 4.98 Å². The number of ether oxygens (including phenoxy) is 2. The van der Waals surface area contributed by atoms with E-state index in [1.807, 2.05) is 6.07 Å². The molecule has 1 heterocycles. The summed E-state index contributed by atoms with van der Waals surface area (Å²) in [6.07, 6.45) is 4.41. The molecule has 0 atom stereocenters. The molecule has 22 heavy (non-hydrogen) atoms. The fraction of sp³-hybridized carbons (Fsp3) is 0.118. The van der Waals surface area contributed by atoms with Gasteiger partial charge >= 0.3 is 5.97 Å². The number of aromatic nitrogens is 1. The molecule has 0 aliphatic rings.